The van der Waals surface area contributed by atoms with Gasteiger partial charge in [-0.3, -0.25) is 4.79 Å². The summed E-state index contributed by atoms with van der Waals surface area (Å²) in [5.41, 5.74) is 2.64. The van der Waals surface area contributed by atoms with Crippen LogP contribution in [0.25, 0.3) is 0 Å². The summed E-state index contributed by atoms with van der Waals surface area (Å²) in [5, 5.41) is 13.5. The van der Waals surface area contributed by atoms with E-state index in [1.165, 1.54) is 0 Å². The Hall–Kier alpha value is -2.10. The van der Waals surface area contributed by atoms with Gasteiger partial charge in [-0.1, -0.05) is 38.1 Å². The number of rotatable bonds is 9. The predicted molar refractivity (Wildman–Crippen MR) is 131 cm³/mol. The van der Waals surface area contributed by atoms with Crippen LogP contribution in [-0.2, 0) is 13.1 Å². The normalized spacial score (nSPS) is 12.3. The molecule has 8 heteroatoms. The highest BCUT2D eigenvalue weighted by molar-refractivity contribution is 14.0. The van der Waals surface area contributed by atoms with Gasteiger partial charge in [-0.15, -0.1) is 24.0 Å². The second-order valence-corrected chi connectivity index (χ2v) is 7.40. The molecule has 1 unspecified atom stereocenters. The molecule has 166 valence electrons. The number of aromatic nitrogens is 1. The van der Waals surface area contributed by atoms with Gasteiger partial charge in [-0.2, -0.15) is 0 Å². The SMILES string of the molecule is CCNC(=NCc1ccc(C(=O)NC(C)CC)cc1)NCc1cc(C(C)C)no1.I. The maximum Gasteiger partial charge on any atom is 0.251 e. The Balaban J connectivity index is 0.00000450. The van der Waals surface area contributed by atoms with Crippen LogP contribution in [0.3, 0.4) is 0 Å². The van der Waals surface area contributed by atoms with Crippen molar-refractivity contribution < 1.29 is 9.32 Å². The van der Waals surface area contributed by atoms with Crippen LogP contribution in [0.15, 0.2) is 39.8 Å². The van der Waals surface area contributed by atoms with Crippen LogP contribution >= 0.6 is 24.0 Å². The molecular weight excluding hydrogens is 493 g/mol. The first-order valence-corrected chi connectivity index (χ1v) is 10.3. The first-order valence-electron chi connectivity index (χ1n) is 10.3. The predicted octanol–water partition coefficient (Wildman–Crippen LogP) is 4.20. The van der Waals surface area contributed by atoms with Gasteiger partial charge < -0.3 is 20.5 Å². The van der Waals surface area contributed by atoms with E-state index in [1.807, 2.05) is 51.1 Å². The van der Waals surface area contributed by atoms with Crippen molar-refractivity contribution in [3.8, 4) is 0 Å². The lowest BCUT2D eigenvalue weighted by Gasteiger charge is -2.12. The van der Waals surface area contributed by atoms with E-state index in [2.05, 4.69) is 39.9 Å². The molecule has 0 saturated carbocycles. The van der Waals surface area contributed by atoms with E-state index in [4.69, 9.17) is 4.52 Å². The molecule has 0 aliphatic rings. The van der Waals surface area contributed by atoms with Gasteiger partial charge >= 0.3 is 0 Å². The van der Waals surface area contributed by atoms with E-state index >= 15 is 0 Å². The van der Waals surface area contributed by atoms with Gasteiger partial charge in [-0.05, 0) is 43.9 Å². The Morgan fingerprint density at radius 2 is 1.83 bits per heavy atom. The molecule has 7 nitrogen and oxygen atoms in total. The molecule has 0 radical (unpaired) electrons. The van der Waals surface area contributed by atoms with Crippen molar-refractivity contribution in [1.82, 2.24) is 21.1 Å². The molecule has 0 aliphatic carbocycles. The standard InChI is InChI=1S/C22H33N5O2.HI/c1-6-16(5)26-21(28)18-10-8-17(9-11-18)13-24-22(23-7-2)25-14-19-12-20(15(3)4)27-29-19;/h8-12,15-16H,6-7,13-14H2,1-5H3,(H,26,28)(H2,23,24,25);1H. The van der Waals surface area contributed by atoms with Crippen molar-refractivity contribution in [2.75, 3.05) is 6.54 Å². The van der Waals surface area contributed by atoms with Crippen LogP contribution in [0.1, 0.15) is 74.3 Å². The minimum Gasteiger partial charge on any atom is -0.359 e. The summed E-state index contributed by atoms with van der Waals surface area (Å²) >= 11 is 0. The molecule has 0 saturated heterocycles. The van der Waals surface area contributed by atoms with E-state index in [9.17, 15) is 4.79 Å². The monoisotopic (exact) mass is 527 g/mol. The zero-order valence-electron chi connectivity index (χ0n) is 18.5. The maximum atomic E-state index is 12.2. The molecule has 1 aromatic heterocycles. The highest BCUT2D eigenvalue weighted by Crippen LogP contribution is 2.13. The van der Waals surface area contributed by atoms with E-state index in [1.54, 1.807) is 0 Å². The fourth-order valence-electron chi connectivity index (χ4n) is 2.54. The minimum atomic E-state index is -0.0442. The number of nitrogens with zero attached hydrogens (tertiary/aromatic N) is 2. The molecule has 2 aromatic rings. The molecular formula is C22H34IN5O2. The number of hydrogen-bond acceptors (Lipinski definition) is 4. The van der Waals surface area contributed by atoms with E-state index in [-0.39, 0.29) is 35.9 Å². The van der Waals surface area contributed by atoms with E-state index in [0.717, 1.165) is 30.0 Å². The van der Waals surface area contributed by atoms with Gasteiger partial charge in [0.15, 0.2) is 11.7 Å². The van der Waals surface area contributed by atoms with Crippen LogP contribution in [0, 0.1) is 0 Å². The average Bonchev–Trinajstić information content (AvgIpc) is 3.19. The molecule has 1 aromatic carbocycles. The van der Waals surface area contributed by atoms with E-state index in [0.29, 0.717) is 30.5 Å². The van der Waals surface area contributed by atoms with Gasteiger partial charge in [0.2, 0.25) is 0 Å². The number of aliphatic imine (C=N–C) groups is 1. The van der Waals surface area contributed by atoms with Crippen LogP contribution in [0.4, 0.5) is 0 Å². The smallest absolute Gasteiger partial charge is 0.251 e. The number of halogens is 1. The highest BCUT2D eigenvalue weighted by atomic mass is 127. The van der Waals surface area contributed by atoms with Crippen LogP contribution in [0.5, 0.6) is 0 Å². The highest BCUT2D eigenvalue weighted by Gasteiger charge is 2.09. The molecule has 0 spiro atoms. The average molecular weight is 527 g/mol. The summed E-state index contributed by atoms with van der Waals surface area (Å²) in [7, 11) is 0. The fraction of sp³-hybridized carbons (Fsp3) is 0.500. The summed E-state index contributed by atoms with van der Waals surface area (Å²) in [5.74, 6) is 1.77. The van der Waals surface area contributed by atoms with E-state index < -0.39 is 0 Å². The maximum absolute atomic E-state index is 12.2. The van der Waals surface area contributed by atoms with Gasteiger partial charge in [0.1, 0.15) is 0 Å². The largest absolute Gasteiger partial charge is 0.359 e. The first-order chi connectivity index (χ1) is 13.9. The lowest BCUT2D eigenvalue weighted by Crippen LogP contribution is -2.36. The summed E-state index contributed by atoms with van der Waals surface area (Å²) in [6.07, 6.45) is 0.908. The number of guanidine groups is 1. The van der Waals surface area contributed by atoms with Crippen LogP contribution < -0.4 is 16.0 Å². The Bertz CT molecular complexity index is 802. The summed E-state index contributed by atoms with van der Waals surface area (Å²) in [6.45, 7) is 12.0. The van der Waals surface area contributed by atoms with Crippen molar-refractivity contribution in [3.05, 3.63) is 52.9 Å². The Morgan fingerprint density at radius 3 is 2.40 bits per heavy atom. The first kappa shape index (κ1) is 25.9. The molecule has 30 heavy (non-hydrogen) atoms. The number of carbonyl (C=O) groups is 1. The summed E-state index contributed by atoms with van der Waals surface area (Å²) in [4.78, 5) is 16.8. The van der Waals surface area contributed by atoms with Gasteiger partial charge in [0, 0.05) is 24.2 Å². The molecule has 1 heterocycles. The molecule has 1 amide bonds. The Labute approximate surface area is 196 Å². The molecule has 3 N–H and O–H groups in total. The number of benzene rings is 1. The third-order valence-electron chi connectivity index (χ3n) is 4.57. The van der Waals surface area contributed by atoms with Crippen LogP contribution in [-0.4, -0.2) is 29.6 Å². The van der Waals surface area contributed by atoms with Crippen molar-refractivity contribution in [2.45, 2.75) is 66.1 Å². The van der Waals surface area contributed by atoms with Crippen LogP contribution in [0.2, 0.25) is 0 Å². The quantitative estimate of drug-likeness (QED) is 0.258. The third kappa shape index (κ3) is 8.33. The summed E-state index contributed by atoms with van der Waals surface area (Å²) in [6, 6.07) is 9.68. The zero-order chi connectivity index (χ0) is 21.2. The van der Waals surface area contributed by atoms with Crippen molar-refractivity contribution in [1.29, 1.82) is 0 Å². The minimum absolute atomic E-state index is 0. The number of hydrogen-bond donors (Lipinski definition) is 3. The number of amides is 1. The molecule has 2 rings (SSSR count). The van der Waals surface area contributed by atoms with Gasteiger partial charge in [-0.25, -0.2) is 4.99 Å². The second kappa shape index (κ2) is 13.3. The molecule has 1 atom stereocenters. The fourth-order valence-corrected chi connectivity index (χ4v) is 2.54. The third-order valence-corrected chi connectivity index (χ3v) is 4.57. The summed E-state index contributed by atoms with van der Waals surface area (Å²) < 4.78 is 5.36. The van der Waals surface area contributed by atoms with Crippen molar-refractivity contribution >= 4 is 35.8 Å². The topological polar surface area (TPSA) is 91.5 Å². The molecule has 0 bridgehead atoms. The Morgan fingerprint density at radius 1 is 1.13 bits per heavy atom. The lowest BCUT2D eigenvalue weighted by molar-refractivity contribution is 0.0939. The second-order valence-electron chi connectivity index (χ2n) is 7.40. The molecule has 0 aliphatic heterocycles. The number of nitrogens with one attached hydrogen (secondary N) is 3. The van der Waals surface area contributed by atoms with Crippen molar-refractivity contribution in [3.63, 3.8) is 0 Å². The van der Waals surface area contributed by atoms with Gasteiger partial charge in [0.05, 0.1) is 18.8 Å². The molecule has 0 fully saturated rings. The van der Waals surface area contributed by atoms with Gasteiger partial charge in [0.25, 0.3) is 5.91 Å². The van der Waals surface area contributed by atoms with Crippen molar-refractivity contribution in [2.24, 2.45) is 4.99 Å². The number of carbonyl (C=O) groups excluding carboxylic acids is 1. The Kier molecular flexibility index (Phi) is 11.5. The lowest BCUT2D eigenvalue weighted by atomic mass is 10.1. The zero-order valence-corrected chi connectivity index (χ0v) is 20.8.